The summed E-state index contributed by atoms with van der Waals surface area (Å²) in [5.41, 5.74) is 0.523. The number of nitrogens with zero attached hydrogens (tertiary/aromatic N) is 1. The van der Waals surface area contributed by atoms with Crippen LogP contribution in [-0.2, 0) is 11.3 Å². The minimum atomic E-state index is -0.688. The Labute approximate surface area is 158 Å². The quantitative estimate of drug-likeness (QED) is 0.324. The van der Waals surface area contributed by atoms with Crippen LogP contribution in [0.5, 0.6) is 0 Å². The molecule has 0 N–H and O–H groups in total. The van der Waals surface area contributed by atoms with Gasteiger partial charge in [-0.25, -0.2) is 4.79 Å². The van der Waals surface area contributed by atoms with Crippen molar-refractivity contribution in [2.24, 2.45) is 0 Å². The van der Waals surface area contributed by atoms with Gasteiger partial charge in [-0.1, -0.05) is 35.3 Å². The number of benzene rings is 2. The molecular formula is C18H11Cl2NO5. The molecule has 0 aliphatic heterocycles. The Morgan fingerprint density at radius 3 is 2.65 bits per heavy atom. The van der Waals surface area contributed by atoms with Gasteiger partial charge in [-0.3, -0.25) is 10.1 Å². The summed E-state index contributed by atoms with van der Waals surface area (Å²) in [5.74, 6) is 0.196. The van der Waals surface area contributed by atoms with Crippen molar-refractivity contribution in [2.45, 2.75) is 6.61 Å². The van der Waals surface area contributed by atoms with Gasteiger partial charge in [-0.15, -0.1) is 0 Å². The molecule has 0 aliphatic rings. The third-order valence-corrected chi connectivity index (χ3v) is 4.34. The summed E-state index contributed by atoms with van der Waals surface area (Å²) < 4.78 is 10.8. The lowest BCUT2D eigenvalue weighted by Gasteiger charge is -2.04. The maximum absolute atomic E-state index is 12.0. The maximum Gasteiger partial charge on any atom is 0.338 e. The Balaban J connectivity index is 1.70. The van der Waals surface area contributed by atoms with E-state index in [0.29, 0.717) is 27.1 Å². The summed E-state index contributed by atoms with van der Waals surface area (Å²) in [7, 11) is 0. The Kier molecular flexibility index (Phi) is 5.25. The van der Waals surface area contributed by atoms with Crippen molar-refractivity contribution >= 4 is 34.9 Å². The first-order valence-electron chi connectivity index (χ1n) is 7.40. The molecule has 8 heteroatoms. The second-order valence-corrected chi connectivity index (χ2v) is 6.04. The number of hydrogen-bond donors (Lipinski definition) is 0. The first kappa shape index (κ1) is 18.0. The Bertz CT molecular complexity index is 983. The molecule has 0 bridgehead atoms. The Morgan fingerprint density at radius 1 is 1.12 bits per heavy atom. The third kappa shape index (κ3) is 3.87. The Morgan fingerprint density at radius 2 is 1.88 bits per heavy atom. The second kappa shape index (κ2) is 7.59. The smallest absolute Gasteiger partial charge is 0.338 e. The Hall–Kier alpha value is -2.83. The van der Waals surface area contributed by atoms with Crippen molar-refractivity contribution in [1.29, 1.82) is 0 Å². The zero-order valence-corrected chi connectivity index (χ0v) is 14.7. The van der Waals surface area contributed by atoms with Gasteiger partial charge < -0.3 is 9.15 Å². The van der Waals surface area contributed by atoms with Crippen molar-refractivity contribution in [3.8, 4) is 11.3 Å². The summed E-state index contributed by atoms with van der Waals surface area (Å²) in [6, 6.07) is 13.8. The van der Waals surface area contributed by atoms with Crippen LogP contribution in [0.3, 0.4) is 0 Å². The minimum absolute atomic E-state index is 0.0869. The molecule has 2 aromatic carbocycles. The summed E-state index contributed by atoms with van der Waals surface area (Å²) >= 11 is 12.1. The molecule has 3 rings (SSSR count). The average Bonchev–Trinajstić information content (AvgIpc) is 3.11. The van der Waals surface area contributed by atoms with Crippen molar-refractivity contribution in [1.82, 2.24) is 0 Å². The van der Waals surface area contributed by atoms with E-state index in [9.17, 15) is 14.9 Å². The number of halogens is 2. The molecule has 3 aromatic rings. The van der Waals surface area contributed by atoms with Gasteiger partial charge in [0, 0.05) is 17.7 Å². The van der Waals surface area contributed by atoms with Gasteiger partial charge in [-0.2, -0.15) is 0 Å². The van der Waals surface area contributed by atoms with Crippen LogP contribution in [0.25, 0.3) is 11.3 Å². The molecule has 0 aliphatic carbocycles. The highest BCUT2D eigenvalue weighted by Crippen LogP contribution is 2.34. The van der Waals surface area contributed by atoms with Crippen LogP contribution in [0, 0.1) is 10.1 Å². The summed E-state index contributed by atoms with van der Waals surface area (Å²) in [4.78, 5) is 22.2. The topological polar surface area (TPSA) is 82.6 Å². The van der Waals surface area contributed by atoms with E-state index in [1.807, 2.05) is 0 Å². The molecule has 26 heavy (non-hydrogen) atoms. The summed E-state index contributed by atoms with van der Waals surface area (Å²) in [6.07, 6.45) is 0. The first-order valence-corrected chi connectivity index (χ1v) is 8.16. The molecule has 0 unspecified atom stereocenters. The predicted octanol–water partition coefficient (Wildman–Crippen LogP) is 5.52. The molecule has 0 atom stereocenters. The number of furan rings is 1. The zero-order valence-electron chi connectivity index (χ0n) is 13.1. The third-order valence-electron chi connectivity index (χ3n) is 3.52. The molecule has 0 fully saturated rings. The lowest BCUT2D eigenvalue weighted by Crippen LogP contribution is -2.05. The van der Waals surface area contributed by atoms with E-state index in [-0.39, 0.29) is 17.9 Å². The molecule has 6 nitrogen and oxygen atoms in total. The van der Waals surface area contributed by atoms with Crippen LogP contribution >= 0.6 is 23.2 Å². The van der Waals surface area contributed by atoms with E-state index >= 15 is 0 Å². The number of non-ortho nitro benzene ring substituents is 1. The van der Waals surface area contributed by atoms with Crippen molar-refractivity contribution in [3.05, 3.63) is 86.1 Å². The SMILES string of the molecule is O=C(OCc1ccc(-c2cccc(Cl)c2Cl)o1)c1cccc([N+](=O)[O-])c1. The fourth-order valence-electron chi connectivity index (χ4n) is 2.26. The number of nitro benzene ring substituents is 1. The normalized spacial score (nSPS) is 10.5. The van der Waals surface area contributed by atoms with E-state index in [4.69, 9.17) is 32.4 Å². The molecule has 1 aromatic heterocycles. The largest absolute Gasteiger partial charge is 0.457 e. The second-order valence-electron chi connectivity index (χ2n) is 5.25. The van der Waals surface area contributed by atoms with Crippen LogP contribution in [0.1, 0.15) is 16.1 Å². The number of nitro groups is 1. The van der Waals surface area contributed by atoms with Gasteiger partial charge in [0.15, 0.2) is 0 Å². The lowest BCUT2D eigenvalue weighted by molar-refractivity contribution is -0.384. The van der Waals surface area contributed by atoms with Gasteiger partial charge in [0.1, 0.15) is 18.1 Å². The van der Waals surface area contributed by atoms with Crippen LogP contribution in [-0.4, -0.2) is 10.9 Å². The standard InChI is InChI=1S/C18H11Cl2NO5/c19-15-6-2-5-14(17(15)20)16-8-7-13(26-16)10-25-18(22)11-3-1-4-12(9-11)21(23)24/h1-9H,10H2. The summed E-state index contributed by atoms with van der Waals surface area (Å²) in [6.45, 7) is -0.125. The van der Waals surface area contributed by atoms with Gasteiger partial charge >= 0.3 is 5.97 Å². The lowest BCUT2D eigenvalue weighted by atomic mass is 10.2. The number of carbonyl (C=O) groups excluding carboxylic acids is 1. The highest BCUT2D eigenvalue weighted by Gasteiger charge is 2.15. The van der Waals surface area contributed by atoms with Crippen LogP contribution in [0.4, 0.5) is 5.69 Å². The molecule has 0 saturated carbocycles. The minimum Gasteiger partial charge on any atom is -0.457 e. The molecular weight excluding hydrogens is 381 g/mol. The highest BCUT2D eigenvalue weighted by molar-refractivity contribution is 6.43. The van der Waals surface area contributed by atoms with E-state index in [1.54, 1.807) is 30.3 Å². The monoisotopic (exact) mass is 391 g/mol. The predicted molar refractivity (Wildman–Crippen MR) is 96.4 cm³/mol. The molecule has 0 radical (unpaired) electrons. The van der Waals surface area contributed by atoms with Crippen LogP contribution in [0.15, 0.2) is 59.0 Å². The molecule has 132 valence electrons. The van der Waals surface area contributed by atoms with E-state index < -0.39 is 10.9 Å². The van der Waals surface area contributed by atoms with Gasteiger partial charge in [0.2, 0.25) is 0 Å². The molecule has 1 heterocycles. The van der Waals surface area contributed by atoms with Crippen molar-refractivity contribution in [3.63, 3.8) is 0 Å². The van der Waals surface area contributed by atoms with Crippen molar-refractivity contribution < 1.29 is 18.9 Å². The van der Waals surface area contributed by atoms with Crippen molar-refractivity contribution in [2.75, 3.05) is 0 Å². The highest BCUT2D eigenvalue weighted by atomic mass is 35.5. The number of esters is 1. The van der Waals surface area contributed by atoms with Crippen LogP contribution < -0.4 is 0 Å². The zero-order chi connectivity index (χ0) is 18.7. The van der Waals surface area contributed by atoms with Crippen LogP contribution in [0.2, 0.25) is 10.0 Å². The molecule has 0 spiro atoms. The number of hydrogen-bond acceptors (Lipinski definition) is 5. The van der Waals surface area contributed by atoms with Gasteiger partial charge in [0.05, 0.1) is 20.5 Å². The van der Waals surface area contributed by atoms with Gasteiger partial charge in [-0.05, 0) is 30.3 Å². The average molecular weight is 392 g/mol. The van der Waals surface area contributed by atoms with Gasteiger partial charge in [0.25, 0.3) is 5.69 Å². The molecule has 0 amide bonds. The molecule has 0 saturated heterocycles. The van der Waals surface area contributed by atoms with E-state index in [2.05, 4.69) is 0 Å². The fraction of sp³-hybridized carbons (Fsp3) is 0.0556. The summed E-state index contributed by atoms with van der Waals surface area (Å²) in [5, 5.41) is 11.5. The first-order chi connectivity index (χ1) is 12.5. The number of carbonyl (C=O) groups is 1. The fourth-order valence-corrected chi connectivity index (χ4v) is 2.65. The van der Waals surface area contributed by atoms with E-state index in [0.717, 1.165) is 6.07 Å². The van der Waals surface area contributed by atoms with E-state index in [1.165, 1.54) is 18.2 Å². The maximum atomic E-state index is 12.0. The number of rotatable bonds is 5. The number of ether oxygens (including phenoxy) is 1.